The first kappa shape index (κ1) is 9.66. The van der Waals surface area contributed by atoms with Crippen molar-refractivity contribution in [1.82, 2.24) is 0 Å². The van der Waals surface area contributed by atoms with Crippen LogP contribution in [-0.2, 0) is 18.1 Å². The van der Waals surface area contributed by atoms with Gasteiger partial charge in [0.15, 0.2) is 0 Å². The third-order valence-corrected chi connectivity index (χ3v) is 3.84. The number of phosphoric ester groups is 1. The van der Waals surface area contributed by atoms with Gasteiger partial charge in [0.25, 0.3) is 0 Å². The van der Waals surface area contributed by atoms with E-state index < -0.39 is 13.8 Å². The SMILES string of the molecule is CCCCCCCC12OP(=O)(O1)O2. The third kappa shape index (κ3) is 1.82. The molecule has 0 unspecified atom stereocenters. The molecule has 0 aromatic rings. The molecule has 3 aliphatic rings. The summed E-state index contributed by atoms with van der Waals surface area (Å²) < 4.78 is 25.6. The molecular formula is C8H15O4P. The fourth-order valence-corrected chi connectivity index (χ4v) is 2.95. The molecule has 2 bridgehead atoms. The molecule has 0 amide bonds. The average molecular weight is 206 g/mol. The molecule has 5 heteroatoms. The van der Waals surface area contributed by atoms with Gasteiger partial charge in [0.1, 0.15) is 0 Å². The Morgan fingerprint density at radius 2 is 1.69 bits per heavy atom. The average Bonchev–Trinajstić information content (AvgIpc) is 1.98. The quantitative estimate of drug-likeness (QED) is 0.494. The van der Waals surface area contributed by atoms with E-state index in [0.29, 0.717) is 6.42 Å². The first-order valence-electron chi connectivity index (χ1n) is 4.90. The predicted molar refractivity (Wildman–Crippen MR) is 47.0 cm³/mol. The zero-order valence-electron chi connectivity index (χ0n) is 7.82. The van der Waals surface area contributed by atoms with Crippen LogP contribution < -0.4 is 0 Å². The van der Waals surface area contributed by atoms with Crippen molar-refractivity contribution < 1.29 is 18.1 Å². The van der Waals surface area contributed by atoms with Crippen LogP contribution in [-0.4, -0.2) is 5.97 Å². The van der Waals surface area contributed by atoms with Gasteiger partial charge in [-0.2, -0.15) is 0 Å². The van der Waals surface area contributed by atoms with E-state index in [1.54, 1.807) is 0 Å². The molecule has 3 heterocycles. The predicted octanol–water partition coefficient (Wildman–Crippen LogP) is 3.19. The molecular weight excluding hydrogens is 191 g/mol. The van der Waals surface area contributed by atoms with Crippen molar-refractivity contribution in [1.29, 1.82) is 0 Å². The second-order valence-corrected chi connectivity index (χ2v) is 5.01. The van der Waals surface area contributed by atoms with E-state index in [-0.39, 0.29) is 0 Å². The lowest BCUT2D eigenvalue weighted by Gasteiger charge is -2.55. The summed E-state index contributed by atoms with van der Waals surface area (Å²) in [4.78, 5) is 0. The van der Waals surface area contributed by atoms with Gasteiger partial charge in [0, 0.05) is 6.42 Å². The van der Waals surface area contributed by atoms with Gasteiger partial charge in [-0.1, -0.05) is 32.6 Å². The summed E-state index contributed by atoms with van der Waals surface area (Å²) in [6, 6.07) is 0. The van der Waals surface area contributed by atoms with Gasteiger partial charge in [-0.05, 0) is 6.42 Å². The molecule has 0 aliphatic carbocycles. The van der Waals surface area contributed by atoms with Crippen molar-refractivity contribution >= 4 is 7.82 Å². The zero-order chi connectivity index (χ0) is 9.36. The Morgan fingerprint density at radius 1 is 1.08 bits per heavy atom. The van der Waals surface area contributed by atoms with Gasteiger partial charge in [-0.3, -0.25) is 0 Å². The van der Waals surface area contributed by atoms with Gasteiger partial charge >= 0.3 is 13.8 Å². The van der Waals surface area contributed by atoms with Crippen LogP contribution in [0.5, 0.6) is 0 Å². The largest absolute Gasteiger partial charge is 0.488 e. The van der Waals surface area contributed by atoms with Gasteiger partial charge < -0.3 is 0 Å². The van der Waals surface area contributed by atoms with Crippen LogP contribution in [0.25, 0.3) is 0 Å². The number of phosphoric acid groups is 1. The fourth-order valence-electron chi connectivity index (χ4n) is 1.61. The van der Waals surface area contributed by atoms with Crippen molar-refractivity contribution in [2.45, 2.75) is 51.4 Å². The number of hydrogen-bond acceptors (Lipinski definition) is 4. The molecule has 13 heavy (non-hydrogen) atoms. The molecule has 0 aromatic heterocycles. The summed E-state index contributed by atoms with van der Waals surface area (Å²) >= 11 is 0. The number of hydrogen-bond donors (Lipinski definition) is 0. The van der Waals surface area contributed by atoms with E-state index in [9.17, 15) is 4.57 Å². The lowest BCUT2D eigenvalue weighted by molar-refractivity contribution is -0.430. The second kappa shape index (κ2) is 3.35. The Kier molecular flexibility index (Phi) is 2.49. The summed E-state index contributed by atoms with van der Waals surface area (Å²) in [5.74, 6) is -0.887. The summed E-state index contributed by atoms with van der Waals surface area (Å²) in [5, 5.41) is 0. The molecule has 0 saturated carbocycles. The molecule has 76 valence electrons. The molecule has 3 rings (SSSR count). The van der Waals surface area contributed by atoms with Crippen molar-refractivity contribution in [2.24, 2.45) is 0 Å². The van der Waals surface area contributed by atoms with E-state index in [1.165, 1.54) is 19.3 Å². The summed E-state index contributed by atoms with van der Waals surface area (Å²) in [6.45, 7) is 2.18. The van der Waals surface area contributed by atoms with Gasteiger partial charge in [-0.25, -0.2) is 18.1 Å². The highest BCUT2D eigenvalue weighted by atomic mass is 31.2. The lowest BCUT2D eigenvalue weighted by atomic mass is 10.1. The van der Waals surface area contributed by atoms with E-state index in [1.807, 2.05) is 0 Å². The molecule has 3 fully saturated rings. The topological polar surface area (TPSA) is 44.8 Å². The highest BCUT2D eigenvalue weighted by molar-refractivity contribution is 7.51. The highest BCUT2D eigenvalue weighted by Gasteiger charge is 2.74. The smallest absolute Gasteiger partial charge is 0.227 e. The molecule has 0 N–H and O–H groups in total. The van der Waals surface area contributed by atoms with Crippen LogP contribution >= 0.6 is 7.82 Å². The summed E-state index contributed by atoms with van der Waals surface area (Å²) in [5.41, 5.74) is 0. The second-order valence-electron chi connectivity index (χ2n) is 3.57. The van der Waals surface area contributed by atoms with Gasteiger partial charge in [0.2, 0.25) is 0 Å². The van der Waals surface area contributed by atoms with Crippen LogP contribution in [0.2, 0.25) is 0 Å². The van der Waals surface area contributed by atoms with Gasteiger partial charge in [0.05, 0.1) is 0 Å². The molecule has 0 atom stereocenters. The minimum Gasteiger partial charge on any atom is -0.227 e. The summed E-state index contributed by atoms with van der Waals surface area (Å²) in [6.07, 6.45) is 6.64. The van der Waals surface area contributed by atoms with Crippen LogP contribution in [0, 0.1) is 0 Å². The van der Waals surface area contributed by atoms with Crippen LogP contribution in [0.1, 0.15) is 45.4 Å². The van der Waals surface area contributed by atoms with Gasteiger partial charge in [-0.15, -0.1) is 0 Å². The Labute approximate surface area is 78.2 Å². The third-order valence-electron chi connectivity index (χ3n) is 2.34. The van der Waals surface area contributed by atoms with E-state index >= 15 is 0 Å². The minimum absolute atomic E-state index is 0.709. The molecule has 3 saturated heterocycles. The maximum Gasteiger partial charge on any atom is 0.488 e. The Balaban J connectivity index is 1.53. The minimum atomic E-state index is -2.95. The standard InChI is InChI=1S/C8H15O4P/c1-2-3-4-5-6-7-8-10-13(9,11-8)12-8/h2-7H2,1H3. The van der Waals surface area contributed by atoms with Crippen LogP contribution in [0.15, 0.2) is 0 Å². The van der Waals surface area contributed by atoms with Crippen molar-refractivity contribution in [2.75, 3.05) is 0 Å². The van der Waals surface area contributed by atoms with E-state index in [4.69, 9.17) is 13.6 Å². The molecule has 3 aliphatic heterocycles. The lowest BCUT2D eigenvalue weighted by Crippen LogP contribution is -2.56. The van der Waals surface area contributed by atoms with E-state index in [2.05, 4.69) is 6.92 Å². The first-order valence-corrected chi connectivity index (χ1v) is 6.36. The Morgan fingerprint density at radius 3 is 2.23 bits per heavy atom. The normalized spacial score (nSPS) is 41.0. The Hall–Kier alpha value is 0.110. The zero-order valence-corrected chi connectivity index (χ0v) is 8.72. The molecule has 0 radical (unpaired) electrons. The van der Waals surface area contributed by atoms with Crippen LogP contribution in [0.3, 0.4) is 0 Å². The first-order chi connectivity index (χ1) is 6.18. The maximum absolute atomic E-state index is 10.8. The number of unbranched alkanes of at least 4 members (excludes halogenated alkanes) is 4. The molecule has 0 aromatic carbocycles. The van der Waals surface area contributed by atoms with Crippen LogP contribution in [0.4, 0.5) is 0 Å². The molecule has 4 nitrogen and oxygen atoms in total. The Bertz CT molecular complexity index is 214. The summed E-state index contributed by atoms with van der Waals surface area (Å²) in [7, 11) is -2.95. The maximum atomic E-state index is 10.8. The van der Waals surface area contributed by atoms with E-state index in [0.717, 1.165) is 12.8 Å². The van der Waals surface area contributed by atoms with Crippen molar-refractivity contribution in [3.63, 3.8) is 0 Å². The number of rotatable bonds is 6. The molecule has 0 spiro atoms. The highest BCUT2D eigenvalue weighted by Crippen LogP contribution is 2.81. The van der Waals surface area contributed by atoms with Crippen molar-refractivity contribution in [3.05, 3.63) is 0 Å². The fraction of sp³-hybridized carbons (Fsp3) is 1.00. The monoisotopic (exact) mass is 206 g/mol. The van der Waals surface area contributed by atoms with Crippen molar-refractivity contribution in [3.8, 4) is 0 Å².